The molecular weight excluding hydrogens is 342 g/mol. The van der Waals surface area contributed by atoms with Gasteiger partial charge in [-0.2, -0.15) is 0 Å². The van der Waals surface area contributed by atoms with Gasteiger partial charge in [0.05, 0.1) is 12.0 Å². The number of non-ortho nitro benzene ring substituents is 1. The molecule has 0 aliphatic carbocycles. The summed E-state index contributed by atoms with van der Waals surface area (Å²) in [6.07, 6.45) is 0. The van der Waals surface area contributed by atoms with Gasteiger partial charge < -0.3 is 9.64 Å². The molecular formula is C18H20ClN3O3. The van der Waals surface area contributed by atoms with Crippen LogP contribution in [-0.4, -0.2) is 43.1 Å². The number of hydrogen-bond donors (Lipinski definition) is 0. The van der Waals surface area contributed by atoms with Crippen LogP contribution in [0.4, 0.5) is 11.4 Å². The van der Waals surface area contributed by atoms with Crippen LogP contribution in [0.25, 0.3) is 0 Å². The van der Waals surface area contributed by atoms with E-state index in [1.165, 1.54) is 11.8 Å². The number of halogens is 1. The monoisotopic (exact) mass is 361 g/mol. The molecule has 1 fully saturated rings. The number of nitro benzene ring substituents is 1. The van der Waals surface area contributed by atoms with Crippen LogP contribution in [-0.2, 0) is 6.54 Å². The highest BCUT2D eigenvalue weighted by molar-refractivity contribution is 6.31. The van der Waals surface area contributed by atoms with E-state index in [9.17, 15) is 10.1 Å². The minimum atomic E-state index is -0.387. The number of benzene rings is 2. The topological polar surface area (TPSA) is 58.8 Å². The van der Waals surface area contributed by atoms with Crippen LogP contribution in [0.3, 0.4) is 0 Å². The molecule has 6 nitrogen and oxygen atoms in total. The molecule has 0 unspecified atom stereocenters. The average molecular weight is 362 g/mol. The predicted octanol–water partition coefficient (Wildman–Crippen LogP) is 3.58. The SMILES string of the molecule is COc1ccc(N2CCN(Cc3cc([N+](=O)[O-])ccc3Cl)CC2)cc1. The van der Waals surface area contributed by atoms with Gasteiger partial charge in [-0.05, 0) is 35.9 Å². The Bertz CT molecular complexity index is 744. The third-order valence-corrected chi connectivity index (χ3v) is 4.81. The fraction of sp³-hybridized carbons (Fsp3) is 0.333. The van der Waals surface area contributed by atoms with E-state index in [1.807, 2.05) is 12.1 Å². The van der Waals surface area contributed by atoms with Crippen molar-refractivity contribution >= 4 is 23.0 Å². The maximum absolute atomic E-state index is 10.9. The first-order valence-corrected chi connectivity index (χ1v) is 8.49. The highest BCUT2D eigenvalue weighted by atomic mass is 35.5. The minimum absolute atomic E-state index is 0.0799. The molecule has 0 N–H and O–H groups in total. The number of nitrogens with zero attached hydrogens (tertiary/aromatic N) is 3. The zero-order chi connectivity index (χ0) is 17.8. The molecule has 0 atom stereocenters. The normalized spacial score (nSPS) is 15.2. The number of ether oxygens (including phenoxy) is 1. The second kappa shape index (κ2) is 7.72. The lowest BCUT2D eigenvalue weighted by Gasteiger charge is -2.36. The van der Waals surface area contributed by atoms with Crippen LogP contribution in [0.2, 0.25) is 5.02 Å². The van der Waals surface area contributed by atoms with E-state index >= 15 is 0 Å². The molecule has 25 heavy (non-hydrogen) atoms. The van der Waals surface area contributed by atoms with Crippen LogP contribution in [0.1, 0.15) is 5.56 Å². The molecule has 1 heterocycles. The molecule has 7 heteroatoms. The van der Waals surface area contributed by atoms with E-state index < -0.39 is 0 Å². The van der Waals surface area contributed by atoms with Crippen LogP contribution >= 0.6 is 11.6 Å². The number of piperazine rings is 1. The summed E-state index contributed by atoms with van der Waals surface area (Å²) in [4.78, 5) is 15.1. The molecule has 0 spiro atoms. The molecule has 0 radical (unpaired) electrons. The second-order valence-electron chi connectivity index (χ2n) is 5.99. The Labute approximate surface area is 151 Å². The summed E-state index contributed by atoms with van der Waals surface area (Å²) in [6.45, 7) is 4.19. The predicted molar refractivity (Wildman–Crippen MR) is 98.6 cm³/mol. The molecule has 1 aliphatic heterocycles. The Balaban J connectivity index is 1.61. The Morgan fingerprint density at radius 2 is 1.80 bits per heavy atom. The smallest absolute Gasteiger partial charge is 0.269 e. The summed E-state index contributed by atoms with van der Waals surface area (Å²) in [6, 6.07) is 12.7. The van der Waals surface area contributed by atoms with Crippen molar-refractivity contribution in [3.05, 3.63) is 63.2 Å². The molecule has 3 rings (SSSR count). The van der Waals surface area contributed by atoms with Gasteiger partial charge >= 0.3 is 0 Å². The molecule has 1 aliphatic rings. The molecule has 0 amide bonds. The van der Waals surface area contributed by atoms with Gasteiger partial charge in [0.25, 0.3) is 5.69 Å². The Morgan fingerprint density at radius 3 is 2.40 bits per heavy atom. The summed E-state index contributed by atoms with van der Waals surface area (Å²) >= 11 is 6.20. The van der Waals surface area contributed by atoms with Crippen LogP contribution in [0.15, 0.2) is 42.5 Å². The zero-order valence-electron chi connectivity index (χ0n) is 14.0. The first-order chi connectivity index (χ1) is 12.1. The van der Waals surface area contributed by atoms with Crippen molar-refractivity contribution in [2.24, 2.45) is 0 Å². The maximum Gasteiger partial charge on any atom is 0.269 e. The van der Waals surface area contributed by atoms with Gasteiger partial charge in [-0.25, -0.2) is 0 Å². The van der Waals surface area contributed by atoms with Crippen molar-refractivity contribution in [1.82, 2.24) is 4.90 Å². The molecule has 2 aromatic carbocycles. The third kappa shape index (κ3) is 4.21. The van der Waals surface area contributed by atoms with E-state index in [-0.39, 0.29) is 10.6 Å². The van der Waals surface area contributed by atoms with Gasteiger partial charge in [-0.1, -0.05) is 11.6 Å². The lowest BCUT2D eigenvalue weighted by atomic mass is 10.1. The Morgan fingerprint density at radius 1 is 1.12 bits per heavy atom. The van der Waals surface area contributed by atoms with E-state index in [0.29, 0.717) is 11.6 Å². The second-order valence-corrected chi connectivity index (χ2v) is 6.40. The van der Waals surface area contributed by atoms with Crippen molar-refractivity contribution in [3.8, 4) is 5.75 Å². The number of nitro groups is 1. The van der Waals surface area contributed by atoms with Gasteiger partial charge in [0.2, 0.25) is 0 Å². The summed E-state index contributed by atoms with van der Waals surface area (Å²) in [5.41, 5.74) is 2.05. The third-order valence-electron chi connectivity index (χ3n) is 4.44. The van der Waals surface area contributed by atoms with Gasteiger partial charge in [0.15, 0.2) is 0 Å². The van der Waals surface area contributed by atoms with Crippen molar-refractivity contribution in [2.75, 3.05) is 38.2 Å². The quantitative estimate of drug-likeness (QED) is 0.601. The van der Waals surface area contributed by atoms with E-state index in [4.69, 9.17) is 16.3 Å². The Kier molecular flexibility index (Phi) is 5.40. The zero-order valence-corrected chi connectivity index (χ0v) is 14.8. The van der Waals surface area contributed by atoms with Crippen molar-refractivity contribution in [2.45, 2.75) is 6.54 Å². The molecule has 0 bridgehead atoms. The van der Waals surface area contributed by atoms with Gasteiger partial charge in [0.1, 0.15) is 5.75 Å². The van der Waals surface area contributed by atoms with Gasteiger partial charge in [0, 0.05) is 55.6 Å². The molecule has 132 valence electrons. The fourth-order valence-corrected chi connectivity index (χ4v) is 3.17. The maximum atomic E-state index is 10.9. The number of hydrogen-bond acceptors (Lipinski definition) is 5. The lowest BCUT2D eigenvalue weighted by Crippen LogP contribution is -2.46. The Hall–Kier alpha value is -2.31. The first-order valence-electron chi connectivity index (χ1n) is 8.11. The highest BCUT2D eigenvalue weighted by Gasteiger charge is 2.19. The van der Waals surface area contributed by atoms with Gasteiger partial charge in [-0.15, -0.1) is 0 Å². The van der Waals surface area contributed by atoms with Crippen molar-refractivity contribution in [1.29, 1.82) is 0 Å². The van der Waals surface area contributed by atoms with E-state index in [2.05, 4.69) is 21.9 Å². The summed E-state index contributed by atoms with van der Waals surface area (Å²) in [7, 11) is 1.66. The first kappa shape index (κ1) is 17.5. The van der Waals surface area contributed by atoms with Gasteiger partial charge in [-0.3, -0.25) is 15.0 Å². The molecule has 1 saturated heterocycles. The summed E-state index contributed by atoms with van der Waals surface area (Å²) in [5, 5.41) is 11.5. The number of anilines is 1. The van der Waals surface area contributed by atoms with E-state index in [1.54, 1.807) is 19.2 Å². The summed E-state index contributed by atoms with van der Waals surface area (Å²) < 4.78 is 5.19. The lowest BCUT2D eigenvalue weighted by molar-refractivity contribution is -0.384. The largest absolute Gasteiger partial charge is 0.497 e. The molecule has 0 aromatic heterocycles. The highest BCUT2D eigenvalue weighted by Crippen LogP contribution is 2.25. The van der Waals surface area contributed by atoms with Crippen LogP contribution in [0.5, 0.6) is 5.75 Å². The van der Waals surface area contributed by atoms with Crippen LogP contribution in [0, 0.1) is 10.1 Å². The minimum Gasteiger partial charge on any atom is -0.497 e. The standard InChI is InChI=1S/C18H20ClN3O3/c1-25-17-5-2-15(3-6-17)21-10-8-20(9-11-21)13-14-12-16(22(23)24)4-7-18(14)19/h2-7,12H,8-11,13H2,1H3. The number of methoxy groups -OCH3 is 1. The molecule has 2 aromatic rings. The molecule has 0 saturated carbocycles. The number of rotatable bonds is 5. The van der Waals surface area contributed by atoms with Crippen molar-refractivity contribution in [3.63, 3.8) is 0 Å². The fourth-order valence-electron chi connectivity index (χ4n) is 2.99. The summed E-state index contributed by atoms with van der Waals surface area (Å²) in [5.74, 6) is 0.850. The van der Waals surface area contributed by atoms with Crippen LogP contribution < -0.4 is 9.64 Å². The average Bonchev–Trinajstić information content (AvgIpc) is 2.64. The van der Waals surface area contributed by atoms with E-state index in [0.717, 1.165) is 37.5 Å². The van der Waals surface area contributed by atoms with Crippen molar-refractivity contribution < 1.29 is 9.66 Å².